The Morgan fingerprint density at radius 1 is 0.517 bits per heavy atom. The molecular weight excluding hydrogens is 360 g/mol. The zero-order valence-electron chi connectivity index (χ0n) is 15.9. The third-order valence-corrected chi connectivity index (χ3v) is 5.17. The van der Waals surface area contributed by atoms with Crippen molar-refractivity contribution in [1.29, 1.82) is 0 Å². The van der Waals surface area contributed by atoms with Crippen LogP contribution in [0.4, 0.5) is 0 Å². The molecule has 0 spiro atoms. The molecule has 0 aliphatic heterocycles. The van der Waals surface area contributed by atoms with Crippen molar-refractivity contribution in [2.45, 2.75) is 19.3 Å². The van der Waals surface area contributed by atoms with E-state index in [1.54, 1.807) is 12.1 Å². The van der Waals surface area contributed by atoms with Crippen molar-refractivity contribution in [3.05, 3.63) is 96.1 Å². The monoisotopic (exact) mass is 380 g/mol. The molecule has 0 aliphatic rings. The van der Waals surface area contributed by atoms with Crippen LogP contribution in [-0.2, 0) is 4.79 Å². The predicted octanol–water partition coefficient (Wildman–Crippen LogP) is 5.80. The Morgan fingerprint density at radius 3 is 1.59 bits per heavy atom. The van der Waals surface area contributed by atoms with Crippen molar-refractivity contribution in [2.24, 2.45) is 0 Å². The second-order valence-corrected chi connectivity index (χ2v) is 7.12. The van der Waals surface area contributed by atoms with Crippen LogP contribution in [0, 0.1) is 0 Å². The van der Waals surface area contributed by atoms with Crippen molar-refractivity contribution in [3.63, 3.8) is 0 Å². The first kappa shape index (κ1) is 18.8. The lowest BCUT2D eigenvalue weighted by Crippen LogP contribution is -2.11. The molecule has 0 unspecified atom stereocenters. The van der Waals surface area contributed by atoms with Gasteiger partial charge < -0.3 is 0 Å². The van der Waals surface area contributed by atoms with E-state index in [1.807, 2.05) is 72.8 Å². The zero-order valence-corrected chi connectivity index (χ0v) is 15.9. The Morgan fingerprint density at radius 2 is 1.00 bits per heavy atom. The van der Waals surface area contributed by atoms with Gasteiger partial charge in [-0.2, -0.15) is 0 Å². The van der Waals surface area contributed by atoms with Crippen molar-refractivity contribution in [2.75, 3.05) is 0 Å². The first-order valence-electron chi connectivity index (χ1n) is 9.67. The maximum atomic E-state index is 12.7. The lowest BCUT2D eigenvalue weighted by atomic mass is 9.95. The van der Waals surface area contributed by atoms with Crippen molar-refractivity contribution < 1.29 is 14.4 Å². The summed E-state index contributed by atoms with van der Waals surface area (Å²) in [5, 5.41) is 3.70. The molecule has 4 aromatic rings. The van der Waals surface area contributed by atoms with Crippen LogP contribution in [0.2, 0.25) is 0 Å². The molecule has 142 valence electrons. The lowest BCUT2D eigenvalue weighted by molar-refractivity contribution is -0.118. The largest absolute Gasteiger partial charge is 0.299 e. The molecule has 0 heterocycles. The summed E-state index contributed by atoms with van der Waals surface area (Å²) in [6, 6.07) is 26.4. The van der Waals surface area contributed by atoms with E-state index in [0.717, 1.165) is 21.5 Å². The number of hydrogen-bond donors (Lipinski definition) is 0. The normalized spacial score (nSPS) is 10.9. The molecule has 0 bridgehead atoms. The van der Waals surface area contributed by atoms with E-state index in [0.29, 0.717) is 11.1 Å². The van der Waals surface area contributed by atoms with E-state index in [-0.39, 0.29) is 36.6 Å². The maximum absolute atomic E-state index is 12.7. The fourth-order valence-corrected chi connectivity index (χ4v) is 3.69. The molecule has 0 aliphatic carbocycles. The maximum Gasteiger partial charge on any atom is 0.170 e. The summed E-state index contributed by atoms with van der Waals surface area (Å²) < 4.78 is 0. The summed E-state index contributed by atoms with van der Waals surface area (Å²) in [4.78, 5) is 37.7. The summed E-state index contributed by atoms with van der Waals surface area (Å²) in [6.45, 7) is 0. The number of ketones is 3. The van der Waals surface area contributed by atoms with Gasteiger partial charge in [0.05, 0.1) is 6.42 Å². The van der Waals surface area contributed by atoms with E-state index in [4.69, 9.17) is 0 Å². The van der Waals surface area contributed by atoms with Gasteiger partial charge in [-0.1, -0.05) is 84.9 Å². The molecule has 0 radical (unpaired) electrons. The van der Waals surface area contributed by atoms with Crippen molar-refractivity contribution in [3.8, 4) is 0 Å². The number of Topliss-reactive ketones (excluding diaryl/α,β-unsaturated/α-hetero) is 3. The first-order chi connectivity index (χ1) is 14.1. The van der Waals surface area contributed by atoms with E-state index >= 15 is 0 Å². The third kappa shape index (κ3) is 3.99. The van der Waals surface area contributed by atoms with Gasteiger partial charge in [-0.3, -0.25) is 14.4 Å². The number of fused-ring (bicyclic) bond motifs is 2. The van der Waals surface area contributed by atoms with Gasteiger partial charge in [0.15, 0.2) is 11.6 Å². The van der Waals surface area contributed by atoms with Crippen LogP contribution in [0.25, 0.3) is 21.5 Å². The summed E-state index contributed by atoms with van der Waals surface area (Å²) in [5.74, 6) is -0.492. The SMILES string of the molecule is O=C(CCC(=O)c1cccc2ccccc12)CC(=O)c1cccc2ccccc12. The van der Waals surface area contributed by atoms with Gasteiger partial charge in [-0.05, 0) is 21.5 Å². The minimum absolute atomic E-state index is 0.0680. The molecule has 4 rings (SSSR count). The fraction of sp³-hybridized carbons (Fsp3) is 0.115. The van der Waals surface area contributed by atoms with Crippen LogP contribution in [0.5, 0.6) is 0 Å². The third-order valence-electron chi connectivity index (χ3n) is 5.17. The van der Waals surface area contributed by atoms with Crippen LogP contribution in [0.15, 0.2) is 84.9 Å². The smallest absolute Gasteiger partial charge is 0.170 e. The second kappa shape index (κ2) is 8.19. The molecule has 0 saturated heterocycles. The predicted molar refractivity (Wildman–Crippen MR) is 115 cm³/mol. The number of benzene rings is 4. The van der Waals surface area contributed by atoms with Gasteiger partial charge in [0, 0.05) is 24.0 Å². The second-order valence-electron chi connectivity index (χ2n) is 7.12. The summed E-state index contributed by atoms with van der Waals surface area (Å²) >= 11 is 0. The van der Waals surface area contributed by atoms with Crippen LogP contribution >= 0.6 is 0 Å². The van der Waals surface area contributed by atoms with Gasteiger partial charge in [0.2, 0.25) is 0 Å². The van der Waals surface area contributed by atoms with Gasteiger partial charge in [0.1, 0.15) is 5.78 Å². The van der Waals surface area contributed by atoms with Gasteiger partial charge in [-0.15, -0.1) is 0 Å². The minimum Gasteiger partial charge on any atom is -0.299 e. The Hall–Kier alpha value is -3.59. The van der Waals surface area contributed by atoms with Crippen LogP contribution < -0.4 is 0 Å². The highest BCUT2D eigenvalue weighted by Crippen LogP contribution is 2.22. The number of carbonyl (C=O) groups is 3. The Labute approximate surface area is 169 Å². The highest BCUT2D eigenvalue weighted by atomic mass is 16.1. The van der Waals surface area contributed by atoms with Gasteiger partial charge in [0.25, 0.3) is 0 Å². The molecule has 29 heavy (non-hydrogen) atoms. The molecule has 0 aromatic heterocycles. The molecule has 0 N–H and O–H groups in total. The Kier molecular flexibility index (Phi) is 5.30. The number of hydrogen-bond acceptors (Lipinski definition) is 3. The molecule has 0 amide bonds. The quantitative estimate of drug-likeness (QED) is 0.301. The molecule has 0 fully saturated rings. The van der Waals surface area contributed by atoms with E-state index in [9.17, 15) is 14.4 Å². The van der Waals surface area contributed by atoms with Crippen molar-refractivity contribution in [1.82, 2.24) is 0 Å². The molecule has 4 aromatic carbocycles. The fourth-order valence-electron chi connectivity index (χ4n) is 3.69. The summed E-state index contributed by atoms with van der Waals surface area (Å²) in [5.41, 5.74) is 1.17. The molecule has 0 atom stereocenters. The first-order valence-corrected chi connectivity index (χ1v) is 9.67. The summed E-state index contributed by atoms with van der Waals surface area (Å²) in [6.07, 6.45) is -0.00888. The van der Waals surface area contributed by atoms with Gasteiger partial charge >= 0.3 is 0 Å². The number of rotatable bonds is 7. The molecule has 3 heteroatoms. The minimum atomic E-state index is -0.212. The van der Waals surface area contributed by atoms with Crippen molar-refractivity contribution >= 4 is 38.9 Å². The van der Waals surface area contributed by atoms with Gasteiger partial charge in [-0.25, -0.2) is 0 Å². The Bertz CT molecular complexity index is 1230. The zero-order chi connectivity index (χ0) is 20.2. The Balaban J connectivity index is 1.43. The molecule has 3 nitrogen and oxygen atoms in total. The highest BCUT2D eigenvalue weighted by molar-refractivity contribution is 6.15. The topological polar surface area (TPSA) is 51.2 Å². The summed E-state index contributed by atoms with van der Waals surface area (Å²) in [7, 11) is 0. The number of carbonyl (C=O) groups excluding carboxylic acids is 3. The highest BCUT2D eigenvalue weighted by Gasteiger charge is 2.17. The van der Waals surface area contributed by atoms with E-state index < -0.39 is 0 Å². The molecular formula is C26H20O3. The van der Waals surface area contributed by atoms with E-state index in [1.165, 1.54) is 0 Å². The van der Waals surface area contributed by atoms with E-state index in [2.05, 4.69) is 0 Å². The lowest BCUT2D eigenvalue weighted by Gasteiger charge is -2.07. The standard InChI is InChI=1S/C26H20O3/c27-20(17-26(29)24-14-6-10-19-8-2-4-12-22(19)24)15-16-25(28)23-13-5-9-18-7-1-3-11-21(18)23/h1-14H,15-17H2. The van der Waals surface area contributed by atoms with Crippen LogP contribution in [-0.4, -0.2) is 17.3 Å². The average molecular weight is 380 g/mol. The average Bonchev–Trinajstić information content (AvgIpc) is 2.76. The van der Waals surface area contributed by atoms with Crippen LogP contribution in [0.3, 0.4) is 0 Å². The molecule has 0 saturated carbocycles. The van der Waals surface area contributed by atoms with Crippen LogP contribution in [0.1, 0.15) is 40.0 Å².